The molecule has 118 valence electrons. The van der Waals surface area contributed by atoms with Gasteiger partial charge in [0.1, 0.15) is 12.4 Å². The molecule has 1 unspecified atom stereocenters. The van der Waals surface area contributed by atoms with E-state index in [1.807, 2.05) is 24.3 Å². The summed E-state index contributed by atoms with van der Waals surface area (Å²) in [6, 6.07) is 16.5. The van der Waals surface area contributed by atoms with Gasteiger partial charge in [-0.25, -0.2) is 0 Å². The second-order valence-electron chi connectivity index (χ2n) is 5.53. The molecule has 3 nitrogen and oxygen atoms in total. The van der Waals surface area contributed by atoms with Crippen LogP contribution in [-0.2, 0) is 13.2 Å². The molecule has 2 aromatic carbocycles. The normalized spacial score (nSPS) is 12.1. The van der Waals surface area contributed by atoms with E-state index in [4.69, 9.17) is 9.84 Å². The van der Waals surface area contributed by atoms with E-state index < -0.39 is 0 Å². The number of hydrogen-bond acceptors (Lipinski definition) is 3. The predicted octanol–water partition coefficient (Wildman–Crippen LogP) is 3.43. The van der Waals surface area contributed by atoms with Gasteiger partial charge in [0, 0.05) is 12.6 Å². The van der Waals surface area contributed by atoms with Crippen LogP contribution in [0.3, 0.4) is 0 Å². The molecule has 0 aliphatic heterocycles. The lowest BCUT2D eigenvalue weighted by molar-refractivity contribution is 0.238. The molecule has 0 amide bonds. The summed E-state index contributed by atoms with van der Waals surface area (Å²) >= 11 is 0. The van der Waals surface area contributed by atoms with Crippen molar-refractivity contribution in [1.82, 2.24) is 5.32 Å². The molecule has 0 saturated carbocycles. The zero-order chi connectivity index (χ0) is 15.8. The molecule has 0 saturated heterocycles. The first-order chi connectivity index (χ1) is 10.7. The Morgan fingerprint density at radius 3 is 2.45 bits per heavy atom. The molecule has 0 radical (unpaired) electrons. The number of ether oxygens (including phenoxy) is 1. The molecule has 0 fully saturated rings. The number of aryl methyl sites for hydroxylation is 1. The number of nitrogens with one attached hydrogen (secondary N) is 1. The Morgan fingerprint density at radius 2 is 1.82 bits per heavy atom. The first-order valence-electron chi connectivity index (χ1n) is 7.83. The number of benzene rings is 2. The summed E-state index contributed by atoms with van der Waals surface area (Å²) in [4.78, 5) is 0. The van der Waals surface area contributed by atoms with E-state index >= 15 is 0 Å². The van der Waals surface area contributed by atoms with Gasteiger partial charge in [0.05, 0.1) is 6.61 Å². The molecule has 0 spiro atoms. The van der Waals surface area contributed by atoms with Gasteiger partial charge in [0.2, 0.25) is 0 Å². The lowest BCUT2D eigenvalue weighted by Gasteiger charge is -2.14. The van der Waals surface area contributed by atoms with Crippen molar-refractivity contribution in [2.75, 3.05) is 6.61 Å². The van der Waals surface area contributed by atoms with E-state index in [1.165, 1.54) is 16.7 Å². The minimum atomic E-state index is 0.164. The number of aliphatic hydroxyl groups is 1. The fourth-order valence-corrected chi connectivity index (χ4v) is 2.24. The molecule has 3 heteroatoms. The molecule has 0 heterocycles. The Kier molecular flexibility index (Phi) is 6.44. The van der Waals surface area contributed by atoms with E-state index in [-0.39, 0.29) is 12.6 Å². The zero-order valence-electron chi connectivity index (χ0n) is 13.4. The molecule has 1 atom stereocenters. The highest BCUT2D eigenvalue weighted by Gasteiger charge is 2.04. The van der Waals surface area contributed by atoms with Gasteiger partial charge in [0.25, 0.3) is 0 Å². The minimum Gasteiger partial charge on any atom is -0.489 e. The molecule has 0 aliphatic carbocycles. The second-order valence-corrected chi connectivity index (χ2v) is 5.53. The SMILES string of the molecule is CCC(CO)NCc1ccc(OCc2ccccc2C)cc1. The van der Waals surface area contributed by atoms with Gasteiger partial charge >= 0.3 is 0 Å². The molecule has 2 N–H and O–H groups in total. The number of hydrogen-bond donors (Lipinski definition) is 2. The Labute approximate surface area is 133 Å². The van der Waals surface area contributed by atoms with Gasteiger partial charge in [-0.2, -0.15) is 0 Å². The summed E-state index contributed by atoms with van der Waals surface area (Å²) in [5, 5.41) is 12.5. The van der Waals surface area contributed by atoms with Crippen molar-refractivity contribution in [3.05, 3.63) is 65.2 Å². The van der Waals surface area contributed by atoms with Crippen molar-refractivity contribution >= 4 is 0 Å². The van der Waals surface area contributed by atoms with Crippen LogP contribution < -0.4 is 10.1 Å². The van der Waals surface area contributed by atoms with Crippen LogP contribution in [0.2, 0.25) is 0 Å². The van der Waals surface area contributed by atoms with E-state index in [0.29, 0.717) is 6.61 Å². The number of aliphatic hydroxyl groups excluding tert-OH is 1. The third kappa shape index (κ3) is 4.86. The first-order valence-corrected chi connectivity index (χ1v) is 7.83. The summed E-state index contributed by atoms with van der Waals surface area (Å²) in [6.45, 7) is 5.69. The summed E-state index contributed by atoms with van der Waals surface area (Å²) in [5.74, 6) is 0.876. The van der Waals surface area contributed by atoms with Gasteiger partial charge in [-0.1, -0.05) is 43.3 Å². The van der Waals surface area contributed by atoms with E-state index in [2.05, 4.69) is 43.4 Å². The topological polar surface area (TPSA) is 41.5 Å². The van der Waals surface area contributed by atoms with Crippen LogP contribution in [0.5, 0.6) is 5.75 Å². The van der Waals surface area contributed by atoms with Crippen LogP contribution in [0.25, 0.3) is 0 Å². The Bertz CT molecular complexity index is 562. The smallest absolute Gasteiger partial charge is 0.119 e. The maximum absolute atomic E-state index is 9.17. The van der Waals surface area contributed by atoms with Crippen molar-refractivity contribution in [2.45, 2.75) is 39.5 Å². The Hall–Kier alpha value is -1.84. The highest BCUT2D eigenvalue weighted by molar-refractivity contribution is 5.29. The van der Waals surface area contributed by atoms with Gasteiger partial charge in [0.15, 0.2) is 0 Å². The molecular weight excluding hydrogens is 274 g/mol. The van der Waals surface area contributed by atoms with Crippen LogP contribution in [-0.4, -0.2) is 17.8 Å². The van der Waals surface area contributed by atoms with Crippen molar-refractivity contribution in [3.63, 3.8) is 0 Å². The lowest BCUT2D eigenvalue weighted by atomic mass is 10.1. The minimum absolute atomic E-state index is 0.164. The van der Waals surface area contributed by atoms with E-state index in [9.17, 15) is 0 Å². The van der Waals surface area contributed by atoms with Crippen LogP contribution >= 0.6 is 0 Å². The third-order valence-corrected chi connectivity index (χ3v) is 3.89. The molecule has 0 aliphatic rings. The predicted molar refractivity (Wildman–Crippen MR) is 90.0 cm³/mol. The average molecular weight is 299 g/mol. The highest BCUT2D eigenvalue weighted by Crippen LogP contribution is 2.16. The molecule has 0 aromatic heterocycles. The van der Waals surface area contributed by atoms with Gasteiger partial charge in [-0.05, 0) is 42.2 Å². The largest absolute Gasteiger partial charge is 0.489 e. The third-order valence-electron chi connectivity index (χ3n) is 3.89. The van der Waals surface area contributed by atoms with Crippen molar-refractivity contribution in [2.24, 2.45) is 0 Å². The van der Waals surface area contributed by atoms with Gasteiger partial charge < -0.3 is 15.2 Å². The van der Waals surface area contributed by atoms with Gasteiger partial charge in [-0.3, -0.25) is 0 Å². The van der Waals surface area contributed by atoms with Crippen LogP contribution in [0.15, 0.2) is 48.5 Å². The van der Waals surface area contributed by atoms with Crippen molar-refractivity contribution in [3.8, 4) is 5.75 Å². The Morgan fingerprint density at radius 1 is 1.09 bits per heavy atom. The summed E-state index contributed by atoms with van der Waals surface area (Å²) in [6.07, 6.45) is 0.925. The maximum Gasteiger partial charge on any atom is 0.119 e. The first kappa shape index (κ1) is 16.5. The van der Waals surface area contributed by atoms with Crippen molar-refractivity contribution < 1.29 is 9.84 Å². The summed E-state index contributed by atoms with van der Waals surface area (Å²) in [7, 11) is 0. The van der Waals surface area contributed by atoms with E-state index in [1.54, 1.807) is 0 Å². The monoisotopic (exact) mass is 299 g/mol. The molecule has 0 bridgehead atoms. The van der Waals surface area contributed by atoms with Crippen LogP contribution in [0.1, 0.15) is 30.0 Å². The Balaban J connectivity index is 1.85. The molecule has 2 rings (SSSR count). The fraction of sp³-hybridized carbons (Fsp3) is 0.368. The van der Waals surface area contributed by atoms with Gasteiger partial charge in [-0.15, -0.1) is 0 Å². The summed E-state index contributed by atoms with van der Waals surface area (Å²) in [5.41, 5.74) is 3.65. The summed E-state index contributed by atoms with van der Waals surface area (Å²) < 4.78 is 5.84. The highest BCUT2D eigenvalue weighted by atomic mass is 16.5. The van der Waals surface area contributed by atoms with E-state index in [0.717, 1.165) is 18.7 Å². The zero-order valence-corrected chi connectivity index (χ0v) is 13.4. The maximum atomic E-state index is 9.17. The molecular formula is C19H25NO2. The quantitative estimate of drug-likeness (QED) is 0.784. The standard InChI is InChI=1S/C19H25NO2/c1-3-18(13-21)20-12-16-8-10-19(11-9-16)22-14-17-7-5-4-6-15(17)2/h4-11,18,20-21H,3,12-14H2,1-2H3. The van der Waals surface area contributed by atoms with Crippen molar-refractivity contribution in [1.29, 1.82) is 0 Å². The second kappa shape index (κ2) is 8.57. The van der Waals surface area contributed by atoms with Crippen LogP contribution in [0.4, 0.5) is 0 Å². The van der Waals surface area contributed by atoms with Crippen LogP contribution in [0, 0.1) is 6.92 Å². The average Bonchev–Trinajstić information content (AvgIpc) is 2.56. The molecule has 22 heavy (non-hydrogen) atoms. The lowest BCUT2D eigenvalue weighted by Crippen LogP contribution is -2.31. The molecule has 2 aromatic rings. The number of rotatable bonds is 8. The fourth-order valence-electron chi connectivity index (χ4n) is 2.24.